The molecule has 0 saturated heterocycles. The highest BCUT2D eigenvalue weighted by atomic mass is 16.2. The Kier molecular flexibility index (Phi) is 3.21. The van der Waals surface area contributed by atoms with Crippen molar-refractivity contribution in [2.45, 2.75) is 6.42 Å². The Morgan fingerprint density at radius 3 is 3.00 bits per heavy atom. The summed E-state index contributed by atoms with van der Waals surface area (Å²) < 4.78 is 0. The Morgan fingerprint density at radius 2 is 2.15 bits per heavy atom. The van der Waals surface area contributed by atoms with Crippen molar-refractivity contribution in [3.05, 3.63) is 54.3 Å². The number of amides is 2. The average Bonchev–Trinajstić information content (AvgIpc) is 2.88. The Morgan fingerprint density at radius 1 is 1.30 bits per heavy atom. The summed E-state index contributed by atoms with van der Waals surface area (Å²) in [4.78, 5) is 28.0. The summed E-state index contributed by atoms with van der Waals surface area (Å²) in [7, 11) is 0. The van der Waals surface area contributed by atoms with Gasteiger partial charge in [0.2, 0.25) is 0 Å². The fraction of sp³-hybridized carbons (Fsp3) is 0.125. The van der Waals surface area contributed by atoms with Crippen molar-refractivity contribution in [3.8, 4) is 0 Å². The molecule has 3 rings (SSSR count). The second-order valence-corrected chi connectivity index (χ2v) is 4.64. The molecule has 0 radical (unpaired) electrons. The number of para-hydroxylation sites is 1. The number of aromatic nitrogens is 1. The Bertz CT molecular complexity index is 725. The lowest BCUT2D eigenvalue weighted by Gasteiger charge is -2.19. The third-order valence-electron chi connectivity index (χ3n) is 3.34. The van der Waals surface area contributed by atoms with Crippen LogP contribution in [0.2, 0.25) is 0 Å². The van der Waals surface area contributed by atoms with Crippen molar-refractivity contribution >= 4 is 28.8 Å². The molecular weight excluding hydrogens is 252 g/mol. The van der Waals surface area contributed by atoms with Crippen molar-refractivity contribution in [3.63, 3.8) is 0 Å². The maximum Gasteiger partial charge on any atom is 0.253 e. The van der Waals surface area contributed by atoms with Crippen LogP contribution < -0.4 is 0 Å². The van der Waals surface area contributed by atoms with E-state index in [4.69, 9.17) is 0 Å². The van der Waals surface area contributed by atoms with Crippen molar-refractivity contribution in [2.75, 3.05) is 6.54 Å². The molecule has 20 heavy (non-hydrogen) atoms. The van der Waals surface area contributed by atoms with E-state index in [0.717, 1.165) is 22.9 Å². The van der Waals surface area contributed by atoms with Gasteiger partial charge in [0.05, 0.1) is 0 Å². The molecular formula is C16H14N2O2. The van der Waals surface area contributed by atoms with Crippen molar-refractivity contribution in [1.29, 1.82) is 0 Å². The minimum Gasteiger partial charge on any atom is -0.361 e. The summed E-state index contributed by atoms with van der Waals surface area (Å²) in [5, 5.41) is 1.06. The maximum atomic E-state index is 12.0. The van der Waals surface area contributed by atoms with Crippen LogP contribution in [-0.4, -0.2) is 28.2 Å². The number of hydrogen-bond acceptors (Lipinski definition) is 2. The molecule has 1 aromatic carbocycles. The molecule has 0 unspecified atom stereocenters. The van der Waals surface area contributed by atoms with Gasteiger partial charge in [-0.05, 0) is 30.2 Å². The highest BCUT2D eigenvalue weighted by molar-refractivity contribution is 6.07. The summed E-state index contributed by atoms with van der Waals surface area (Å²) >= 11 is 0. The zero-order chi connectivity index (χ0) is 13.9. The van der Waals surface area contributed by atoms with Crippen molar-refractivity contribution in [1.82, 2.24) is 9.88 Å². The fourth-order valence-corrected chi connectivity index (χ4v) is 2.29. The summed E-state index contributed by atoms with van der Waals surface area (Å²) in [6.45, 7) is 0.451. The molecule has 0 aliphatic carbocycles. The van der Waals surface area contributed by atoms with E-state index in [2.05, 4.69) is 4.98 Å². The first-order valence-electron chi connectivity index (χ1n) is 6.52. The van der Waals surface area contributed by atoms with Gasteiger partial charge in [0.1, 0.15) is 0 Å². The number of carbonyl (C=O) groups is 2. The quantitative estimate of drug-likeness (QED) is 0.849. The van der Waals surface area contributed by atoms with Crippen LogP contribution in [0.5, 0.6) is 0 Å². The van der Waals surface area contributed by atoms with Crippen LogP contribution in [0.1, 0.15) is 12.0 Å². The molecule has 0 saturated carbocycles. The molecule has 0 fully saturated rings. The summed E-state index contributed by atoms with van der Waals surface area (Å²) in [6.07, 6.45) is 9.00. The maximum absolute atomic E-state index is 12.0. The number of imide groups is 1. The number of aromatic amines is 1. The second-order valence-electron chi connectivity index (χ2n) is 4.64. The predicted molar refractivity (Wildman–Crippen MR) is 77.8 cm³/mol. The number of nitrogens with one attached hydrogen (secondary N) is 1. The predicted octanol–water partition coefficient (Wildman–Crippen LogP) is 2.50. The van der Waals surface area contributed by atoms with Crippen LogP contribution in [0.25, 0.3) is 17.0 Å². The lowest BCUT2D eigenvalue weighted by Crippen LogP contribution is -2.37. The van der Waals surface area contributed by atoms with E-state index in [9.17, 15) is 9.59 Å². The van der Waals surface area contributed by atoms with Gasteiger partial charge in [-0.2, -0.15) is 0 Å². The summed E-state index contributed by atoms with van der Waals surface area (Å²) in [5.41, 5.74) is 1.96. The fourth-order valence-electron chi connectivity index (χ4n) is 2.29. The van der Waals surface area contributed by atoms with Crippen LogP contribution in [0.15, 0.2) is 48.7 Å². The molecule has 2 amide bonds. The van der Waals surface area contributed by atoms with Crippen LogP contribution in [0.3, 0.4) is 0 Å². The number of fused-ring (bicyclic) bond motifs is 1. The Balaban J connectivity index is 1.82. The molecule has 100 valence electrons. The van der Waals surface area contributed by atoms with Gasteiger partial charge in [0.15, 0.2) is 0 Å². The van der Waals surface area contributed by atoms with E-state index in [0.29, 0.717) is 6.54 Å². The van der Waals surface area contributed by atoms with Crippen molar-refractivity contribution in [2.24, 2.45) is 0 Å². The Labute approximate surface area is 116 Å². The molecule has 1 aromatic heterocycles. The van der Waals surface area contributed by atoms with Crippen LogP contribution in [0, 0.1) is 0 Å². The molecule has 0 bridgehead atoms. The SMILES string of the molecule is O=C1C=CCCN1C(=O)/C=C/c1c[nH]c2ccccc12. The summed E-state index contributed by atoms with van der Waals surface area (Å²) in [5.74, 6) is -0.519. The highest BCUT2D eigenvalue weighted by Crippen LogP contribution is 2.19. The largest absolute Gasteiger partial charge is 0.361 e. The van der Waals surface area contributed by atoms with E-state index in [1.807, 2.05) is 30.5 Å². The number of rotatable bonds is 2. The molecule has 2 heterocycles. The van der Waals surface area contributed by atoms with E-state index < -0.39 is 0 Å². The van der Waals surface area contributed by atoms with Gasteiger partial charge in [0.25, 0.3) is 11.8 Å². The standard InChI is InChI=1S/C16H14N2O2/c19-15-7-3-4-10-18(15)16(20)9-8-12-11-17-14-6-2-1-5-13(12)14/h1-3,5-9,11,17H,4,10H2/b9-8+. The zero-order valence-electron chi connectivity index (χ0n) is 10.9. The lowest BCUT2D eigenvalue weighted by molar-refractivity contribution is -0.139. The topological polar surface area (TPSA) is 53.2 Å². The molecule has 1 aliphatic rings. The minimum atomic E-state index is -0.273. The second kappa shape index (κ2) is 5.17. The smallest absolute Gasteiger partial charge is 0.253 e. The van der Waals surface area contributed by atoms with Gasteiger partial charge in [0, 0.05) is 29.7 Å². The molecule has 1 N–H and O–H groups in total. The van der Waals surface area contributed by atoms with Gasteiger partial charge in [-0.25, -0.2) is 0 Å². The van der Waals surface area contributed by atoms with Crippen LogP contribution in [-0.2, 0) is 9.59 Å². The van der Waals surface area contributed by atoms with Gasteiger partial charge in [-0.3, -0.25) is 14.5 Å². The monoisotopic (exact) mass is 266 g/mol. The first-order valence-corrected chi connectivity index (χ1v) is 6.52. The first kappa shape index (κ1) is 12.4. The number of hydrogen-bond donors (Lipinski definition) is 1. The average molecular weight is 266 g/mol. The third-order valence-corrected chi connectivity index (χ3v) is 3.34. The van der Waals surface area contributed by atoms with Crippen LogP contribution >= 0.6 is 0 Å². The van der Waals surface area contributed by atoms with Crippen LogP contribution in [0.4, 0.5) is 0 Å². The van der Waals surface area contributed by atoms with Gasteiger partial charge < -0.3 is 4.98 Å². The normalized spacial score (nSPS) is 15.4. The van der Waals surface area contributed by atoms with E-state index in [-0.39, 0.29) is 11.8 Å². The van der Waals surface area contributed by atoms with Gasteiger partial charge in [-0.15, -0.1) is 0 Å². The number of benzene rings is 1. The van der Waals surface area contributed by atoms with Gasteiger partial charge >= 0.3 is 0 Å². The molecule has 1 aliphatic heterocycles. The number of nitrogens with zero attached hydrogens (tertiary/aromatic N) is 1. The van der Waals surface area contributed by atoms with Gasteiger partial charge in [-0.1, -0.05) is 24.3 Å². The zero-order valence-corrected chi connectivity index (χ0v) is 10.9. The molecule has 0 atom stereocenters. The minimum absolute atomic E-state index is 0.246. The summed E-state index contributed by atoms with van der Waals surface area (Å²) in [6, 6.07) is 7.88. The van der Waals surface area contributed by atoms with E-state index in [1.54, 1.807) is 12.2 Å². The van der Waals surface area contributed by atoms with E-state index in [1.165, 1.54) is 17.1 Å². The first-order chi connectivity index (χ1) is 9.75. The number of H-pyrrole nitrogens is 1. The molecule has 4 heteroatoms. The molecule has 4 nitrogen and oxygen atoms in total. The molecule has 2 aromatic rings. The third kappa shape index (κ3) is 2.28. The Hall–Kier alpha value is -2.62. The van der Waals surface area contributed by atoms with Crippen molar-refractivity contribution < 1.29 is 9.59 Å². The highest BCUT2D eigenvalue weighted by Gasteiger charge is 2.18. The number of carbonyl (C=O) groups excluding carboxylic acids is 2. The van der Waals surface area contributed by atoms with E-state index >= 15 is 0 Å². The lowest BCUT2D eigenvalue weighted by atomic mass is 10.1. The molecule has 0 spiro atoms.